The molecule has 0 aliphatic carbocycles. The van der Waals surface area contributed by atoms with Gasteiger partial charge in [0.15, 0.2) is 5.78 Å². The standard InChI is InChI=1S/C11H12ClNO3/c12-7-2-1-6-11(14)9-4-3-5-10(8-9)13(15)16/h3-5,8H,1-2,6-7H2. The first-order valence-electron chi connectivity index (χ1n) is 4.99. The predicted molar refractivity (Wildman–Crippen MR) is 62.0 cm³/mol. The second-order valence-corrected chi connectivity index (χ2v) is 3.75. The highest BCUT2D eigenvalue weighted by Gasteiger charge is 2.10. The molecule has 1 rings (SSSR count). The topological polar surface area (TPSA) is 60.2 Å². The van der Waals surface area contributed by atoms with E-state index in [4.69, 9.17) is 11.6 Å². The van der Waals surface area contributed by atoms with Crippen LogP contribution >= 0.6 is 11.6 Å². The van der Waals surface area contributed by atoms with Crippen LogP contribution < -0.4 is 0 Å². The molecule has 0 spiro atoms. The molecule has 0 atom stereocenters. The summed E-state index contributed by atoms with van der Waals surface area (Å²) < 4.78 is 0. The fourth-order valence-corrected chi connectivity index (χ4v) is 1.51. The molecule has 0 aliphatic heterocycles. The summed E-state index contributed by atoms with van der Waals surface area (Å²) in [5, 5.41) is 10.5. The maximum absolute atomic E-state index is 11.6. The number of nitro groups is 1. The number of Topliss-reactive ketones (excluding diaryl/α,β-unsaturated/α-hetero) is 1. The van der Waals surface area contributed by atoms with E-state index >= 15 is 0 Å². The first-order chi connectivity index (χ1) is 7.65. The highest BCUT2D eigenvalue weighted by molar-refractivity contribution is 6.17. The Kier molecular flexibility index (Phi) is 4.92. The number of hydrogen-bond donors (Lipinski definition) is 0. The Labute approximate surface area is 98.4 Å². The minimum atomic E-state index is -0.504. The van der Waals surface area contributed by atoms with Crippen molar-refractivity contribution in [3.63, 3.8) is 0 Å². The van der Waals surface area contributed by atoms with Crippen molar-refractivity contribution in [1.29, 1.82) is 0 Å². The lowest BCUT2D eigenvalue weighted by atomic mass is 10.1. The third-order valence-corrected chi connectivity index (χ3v) is 2.43. The molecule has 0 unspecified atom stereocenters. The van der Waals surface area contributed by atoms with E-state index in [0.717, 1.165) is 6.42 Å². The Bertz CT molecular complexity index is 393. The zero-order chi connectivity index (χ0) is 12.0. The van der Waals surface area contributed by atoms with Gasteiger partial charge in [-0.15, -0.1) is 11.6 Å². The average molecular weight is 242 g/mol. The summed E-state index contributed by atoms with van der Waals surface area (Å²) in [5.74, 6) is 0.455. The van der Waals surface area contributed by atoms with Crippen molar-refractivity contribution in [1.82, 2.24) is 0 Å². The van der Waals surface area contributed by atoms with E-state index in [0.29, 0.717) is 24.3 Å². The Morgan fingerprint density at radius 2 is 2.12 bits per heavy atom. The Morgan fingerprint density at radius 1 is 1.38 bits per heavy atom. The number of nitro benzene ring substituents is 1. The lowest BCUT2D eigenvalue weighted by molar-refractivity contribution is -0.384. The largest absolute Gasteiger partial charge is 0.294 e. The lowest BCUT2D eigenvalue weighted by Crippen LogP contribution is -2.00. The number of ketones is 1. The zero-order valence-electron chi connectivity index (χ0n) is 8.69. The van der Waals surface area contributed by atoms with Crippen LogP contribution in [-0.2, 0) is 0 Å². The minimum absolute atomic E-state index is 0.0526. The van der Waals surface area contributed by atoms with Crippen LogP contribution in [0.1, 0.15) is 29.6 Å². The van der Waals surface area contributed by atoms with Gasteiger partial charge in [0.05, 0.1) is 4.92 Å². The van der Waals surface area contributed by atoms with E-state index in [1.165, 1.54) is 18.2 Å². The van der Waals surface area contributed by atoms with Gasteiger partial charge in [0.2, 0.25) is 0 Å². The van der Waals surface area contributed by atoms with Crippen molar-refractivity contribution in [2.75, 3.05) is 5.88 Å². The normalized spacial score (nSPS) is 10.1. The second-order valence-electron chi connectivity index (χ2n) is 3.38. The van der Waals surface area contributed by atoms with E-state index in [9.17, 15) is 14.9 Å². The second kappa shape index (κ2) is 6.23. The van der Waals surface area contributed by atoms with Crippen LogP contribution in [0, 0.1) is 10.1 Å². The summed E-state index contributed by atoms with van der Waals surface area (Å²) in [7, 11) is 0. The molecule has 16 heavy (non-hydrogen) atoms. The number of unbranched alkanes of at least 4 members (excludes halogenated alkanes) is 1. The fourth-order valence-electron chi connectivity index (χ4n) is 1.32. The van der Waals surface area contributed by atoms with Crippen molar-refractivity contribution in [3.05, 3.63) is 39.9 Å². The number of hydrogen-bond acceptors (Lipinski definition) is 3. The summed E-state index contributed by atoms with van der Waals surface area (Å²) in [6.45, 7) is 0. The van der Waals surface area contributed by atoms with Gasteiger partial charge in [0.1, 0.15) is 0 Å². The van der Waals surface area contributed by atoms with Crippen LogP contribution in [0.5, 0.6) is 0 Å². The molecule has 1 aromatic carbocycles. The fraction of sp³-hybridized carbons (Fsp3) is 0.364. The Morgan fingerprint density at radius 3 is 2.75 bits per heavy atom. The molecule has 4 nitrogen and oxygen atoms in total. The number of halogens is 1. The van der Waals surface area contributed by atoms with E-state index in [1.807, 2.05) is 0 Å². The summed E-state index contributed by atoms with van der Waals surface area (Å²) in [4.78, 5) is 21.6. The molecule has 0 bridgehead atoms. The molecule has 0 saturated heterocycles. The number of nitrogens with zero attached hydrogens (tertiary/aromatic N) is 1. The summed E-state index contributed by atoms with van der Waals surface area (Å²) in [5.41, 5.74) is 0.340. The third kappa shape index (κ3) is 3.62. The molecule has 86 valence electrons. The van der Waals surface area contributed by atoms with Crippen LogP contribution in [0.3, 0.4) is 0 Å². The number of rotatable bonds is 6. The molecule has 0 fully saturated rings. The molecule has 0 aromatic heterocycles. The number of carbonyl (C=O) groups excluding carboxylic acids is 1. The monoisotopic (exact) mass is 241 g/mol. The van der Waals surface area contributed by atoms with Crippen molar-refractivity contribution >= 4 is 23.1 Å². The van der Waals surface area contributed by atoms with Crippen LogP contribution in [0.2, 0.25) is 0 Å². The van der Waals surface area contributed by atoms with E-state index in [2.05, 4.69) is 0 Å². The lowest BCUT2D eigenvalue weighted by Gasteiger charge is -2.00. The van der Waals surface area contributed by atoms with Gasteiger partial charge < -0.3 is 0 Å². The summed E-state index contributed by atoms with van der Waals surface area (Å²) >= 11 is 5.50. The highest BCUT2D eigenvalue weighted by Crippen LogP contribution is 2.15. The van der Waals surface area contributed by atoms with Crippen molar-refractivity contribution < 1.29 is 9.72 Å². The molecular weight excluding hydrogens is 230 g/mol. The average Bonchev–Trinajstić information content (AvgIpc) is 2.29. The van der Waals surface area contributed by atoms with Crippen LogP contribution in [-0.4, -0.2) is 16.6 Å². The molecule has 0 aliphatic rings. The summed E-state index contributed by atoms with van der Waals surface area (Å²) in [6, 6.07) is 5.79. The SMILES string of the molecule is O=C(CCCCCl)c1cccc([N+](=O)[O-])c1. The zero-order valence-corrected chi connectivity index (χ0v) is 9.44. The van der Waals surface area contributed by atoms with E-state index in [-0.39, 0.29) is 11.5 Å². The quantitative estimate of drug-likeness (QED) is 0.253. The first-order valence-corrected chi connectivity index (χ1v) is 5.52. The highest BCUT2D eigenvalue weighted by atomic mass is 35.5. The molecular formula is C11H12ClNO3. The van der Waals surface area contributed by atoms with Gasteiger partial charge >= 0.3 is 0 Å². The van der Waals surface area contributed by atoms with Gasteiger partial charge in [0, 0.05) is 30.0 Å². The number of carbonyl (C=O) groups is 1. The van der Waals surface area contributed by atoms with Crippen LogP contribution in [0.25, 0.3) is 0 Å². The molecule has 1 aromatic rings. The summed E-state index contributed by atoms with van der Waals surface area (Å²) in [6.07, 6.45) is 1.88. The molecule has 0 N–H and O–H groups in total. The van der Waals surface area contributed by atoms with Crippen molar-refractivity contribution in [3.8, 4) is 0 Å². The molecule has 5 heteroatoms. The van der Waals surface area contributed by atoms with Crippen molar-refractivity contribution in [2.45, 2.75) is 19.3 Å². The van der Waals surface area contributed by atoms with Gasteiger partial charge in [-0.05, 0) is 12.8 Å². The molecule has 0 amide bonds. The van der Waals surface area contributed by atoms with E-state index < -0.39 is 4.92 Å². The molecule has 0 heterocycles. The first kappa shape index (κ1) is 12.6. The van der Waals surface area contributed by atoms with Gasteiger partial charge in [-0.3, -0.25) is 14.9 Å². The predicted octanol–water partition coefficient (Wildman–Crippen LogP) is 3.19. The molecule has 0 saturated carbocycles. The van der Waals surface area contributed by atoms with Crippen LogP contribution in [0.15, 0.2) is 24.3 Å². The molecule has 0 radical (unpaired) electrons. The maximum Gasteiger partial charge on any atom is 0.270 e. The van der Waals surface area contributed by atoms with E-state index in [1.54, 1.807) is 6.07 Å². The Hall–Kier alpha value is -1.42. The van der Waals surface area contributed by atoms with Crippen molar-refractivity contribution in [2.24, 2.45) is 0 Å². The minimum Gasteiger partial charge on any atom is -0.294 e. The Balaban J connectivity index is 2.68. The third-order valence-electron chi connectivity index (χ3n) is 2.17. The van der Waals surface area contributed by atoms with Gasteiger partial charge in [-0.25, -0.2) is 0 Å². The maximum atomic E-state index is 11.6. The number of benzene rings is 1. The number of alkyl halides is 1. The number of non-ortho nitro benzene ring substituents is 1. The smallest absolute Gasteiger partial charge is 0.270 e. The van der Waals surface area contributed by atoms with Crippen LogP contribution in [0.4, 0.5) is 5.69 Å². The van der Waals surface area contributed by atoms with Gasteiger partial charge in [-0.1, -0.05) is 12.1 Å². The van der Waals surface area contributed by atoms with Gasteiger partial charge in [0.25, 0.3) is 5.69 Å². The van der Waals surface area contributed by atoms with Gasteiger partial charge in [-0.2, -0.15) is 0 Å².